The standard InChI is InChI=1S/C24H22ClNO/c1-16-6-9-19(10-7-16)24-21-12-17(2)8-11-22(21)27-23(24)15-26-14-18-4-3-5-20(25)13-18/h3-13,26H,14-15H2,1-2H3. The molecule has 0 aliphatic heterocycles. The van der Waals surface area contributed by atoms with Crippen molar-refractivity contribution in [3.63, 3.8) is 0 Å². The van der Waals surface area contributed by atoms with Gasteiger partial charge in [0.25, 0.3) is 0 Å². The zero-order valence-electron chi connectivity index (χ0n) is 15.6. The third-order valence-corrected chi connectivity index (χ3v) is 5.00. The minimum absolute atomic E-state index is 0.656. The van der Waals surface area contributed by atoms with Gasteiger partial charge in [-0.3, -0.25) is 0 Å². The Morgan fingerprint density at radius 1 is 0.852 bits per heavy atom. The van der Waals surface area contributed by atoms with Crippen LogP contribution in [-0.4, -0.2) is 0 Å². The highest BCUT2D eigenvalue weighted by molar-refractivity contribution is 6.30. The van der Waals surface area contributed by atoms with Gasteiger partial charge in [-0.1, -0.05) is 65.2 Å². The molecule has 1 heterocycles. The van der Waals surface area contributed by atoms with Crippen LogP contribution in [0.5, 0.6) is 0 Å². The van der Waals surface area contributed by atoms with Crippen LogP contribution in [0.15, 0.2) is 71.1 Å². The monoisotopic (exact) mass is 375 g/mol. The Labute approximate surface area is 164 Å². The lowest BCUT2D eigenvalue weighted by atomic mass is 9.99. The quantitative estimate of drug-likeness (QED) is 0.422. The highest BCUT2D eigenvalue weighted by Crippen LogP contribution is 2.35. The number of halogens is 1. The molecule has 0 amide bonds. The van der Waals surface area contributed by atoms with Crippen molar-refractivity contribution in [1.29, 1.82) is 0 Å². The van der Waals surface area contributed by atoms with Crippen molar-refractivity contribution < 1.29 is 4.42 Å². The Morgan fingerprint density at radius 3 is 2.41 bits per heavy atom. The first kappa shape index (κ1) is 17.8. The van der Waals surface area contributed by atoms with E-state index in [1.54, 1.807) is 0 Å². The number of fused-ring (bicyclic) bond motifs is 1. The summed E-state index contributed by atoms with van der Waals surface area (Å²) in [5, 5.41) is 5.41. The summed E-state index contributed by atoms with van der Waals surface area (Å²) in [5.74, 6) is 0.960. The lowest BCUT2D eigenvalue weighted by Gasteiger charge is -2.07. The summed E-state index contributed by atoms with van der Waals surface area (Å²) in [7, 11) is 0. The molecule has 3 heteroatoms. The van der Waals surface area contributed by atoms with E-state index in [-0.39, 0.29) is 0 Å². The van der Waals surface area contributed by atoms with Crippen LogP contribution in [0.4, 0.5) is 0 Å². The van der Waals surface area contributed by atoms with E-state index in [4.69, 9.17) is 16.0 Å². The van der Waals surface area contributed by atoms with Crippen molar-refractivity contribution in [2.75, 3.05) is 0 Å². The van der Waals surface area contributed by atoms with E-state index in [1.807, 2.05) is 18.2 Å². The lowest BCUT2D eigenvalue weighted by Crippen LogP contribution is -2.12. The van der Waals surface area contributed by atoms with Crippen LogP contribution in [0.1, 0.15) is 22.5 Å². The molecule has 3 aromatic carbocycles. The third kappa shape index (κ3) is 3.92. The van der Waals surface area contributed by atoms with Gasteiger partial charge in [0, 0.05) is 22.5 Å². The van der Waals surface area contributed by atoms with E-state index < -0.39 is 0 Å². The molecule has 0 aliphatic rings. The molecule has 0 unspecified atom stereocenters. The van der Waals surface area contributed by atoms with E-state index in [0.717, 1.165) is 28.5 Å². The SMILES string of the molecule is Cc1ccc(-c2c(CNCc3cccc(Cl)c3)oc3ccc(C)cc23)cc1. The summed E-state index contributed by atoms with van der Waals surface area (Å²) in [6.45, 7) is 5.62. The normalized spacial score (nSPS) is 11.2. The highest BCUT2D eigenvalue weighted by Gasteiger charge is 2.16. The molecular weight excluding hydrogens is 354 g/mol. The molecule has 1 aromatic heterocycles. The number of rotatable bonds is 5. The molecule has 0 spiro atoms. The highest BCUT2D eigenvalue weighted by atomic mass is 35.5. The number of benzene rings is 3. The van der Waals surface area contributed by atoms with Gasteiger partial charge in [0.15, 0.2) is 0 Å². The Hall–Kier alpha value is -2.55. The second-order valence-electron chi connectivity index (χ2n) is 7.00. The van der Waals surface area contributed by atoms with E-state index in [0.29, 0.717) is 6.54 Å². The van der Waals surface area contributed by atoms with E-state index >= 15 is 0 Å². The average molecular weight is 376 g/mol. The zero-order valence-corrected chi connectivity index (χ0v) is 16.3. The zero-order chi connectivity index (χ0) is 18.8. The van der Waals surface area contributed by atoms with Crippen molar-refractivity contribution in [3.05, 3.63) is 94.2 Å². The van der Waals surface area contributed by atoms with Crippen molar-refractivity contribution in [3.8, 4) is 11.1 Å². The molecule has 0 saturated heterocycles. The summed E-state index contributed by atoms with van der Waals surface area (Å²) < 4.78 is 6.21. The first-order valence-corrected chi connectivity index (χ1v) is 9.52. The molecule has 136 valence electrons. The van der Waals surface area contributed by atoms with Crippen LogP contribution in [0.2, 0.25) is 5.02 Å². The first-order chi connectivity index (χ1) is 13.1. The van der Waals surface area contributed by atoms with Gasteiger partial charge in [0.1, 0.15) is 11.3 Å². The van der Waals surface area contributed by atoms with Crippen LogP contribution in [-0.2, 0) is 13.1 Å². The molecular formula is C24H22ClNO. The van der Waals surface area contributed by atoms with Gasteiger partial charge in [-0.2, -0.15) is 0 Å². The second kappa shape index (κ2) is 7.59. The van der Waals surface area contributed by atoms with E-state index in [9.17, 15) is 0 Å². The van der Waals surface area contributed by atoms with E-state index in [1.165, 1.54) is 27.6 Å². The van der Waals surface area contributed by atoms with Crippen LogP contribution in [0.3, 0.4) is 0 Å². The van der Waals surface area contributed by atoms with Crippen LogP contribution < -0.4 is 5.32 Å². The maximum absolute atomic E-state index is 6.21. The van der Waals surface area contributed by atoms with Crippen LogP contribution in [0, 0.1) is 13.8 Å². The fourth-order valence-electron chi connectivity index (χ4n) is 3.39. The smallest absolute Gasteiger partial charge is 0.135 e. The number of furan rings is 1. The van der Waals surface area contributed by atoms with Gasteiger partial charge in [-0.15, -0.1) is 0 Å². The molecule has 27 heavy (non-hydrogen) atoms. The maximum Gasteiger partial charge on any atom is 0.135 e. The molecule has 4 rings (SSSR count). The van der Waals surface area contributed by atoms with E-state index in [2.05, 4.69) is 67.7 Å². The summed E-state index contributed by atoms with van der Waals surface area (Å²) in [6.07, 6.45) is 0. The molecule has 2 nitrogen and oxygen atoms in total. The van der Waals surface area contributed by atoms with Gasteiger partial charge in [-0.05, 0) is 49.2 Å². The van der Waals surface area contributed by atoms with Crippen LogP contribution >= 0.6 is 11.6 Å². The molecule has 1 N–H and O–H groups in total. The summed E-state index contributed by atoms with van der Waals surface area (Å²) in [6, 6.07) is 22.9. The van der Waals surface area contributed by atoms with Crippen molar-refractivity contribution >= 4 is 22.6 Å². The molecule has 4 aromatic rings. The first-order valence-electron chi connectivity index (χ1n) is 9.14. The van der Waals surface area contributed by atoms with Crippen molar-refractivity contribution in [2.45, 2.75) is 26.9 Å². The Bertz CT molecular complexity index is 1080. The fraction of sp³-hybridized carbons (Fsp3) is 0.167. The van der Waals surface area contributed by atoms with Gasteiger partial charge in [-0.25, -0.2) is 0 Å². The summed E-state index contributed by atoms with van der Waals surface area (Å²) in [5.41, 5.74) is 6.93. The predicted octanol–water partition coefficient (Wildman–Crippen LogP) is 6.66. The molecule has 0 atom stereocenters. The summed E-state index contributed by atoms with van der Waals surface area (Å²) in [4.78, 5) is 0. The molecule has 0 aliphatic carbocycles. The Kier molecular flexibility index (Phi) is 5.02. The second-order valence-corrected chi connectivity index (χ2v) is 7.44. The van der Waals surface area contributed by atoms with Gasteiger partial charge in [0.05, 0.1) is 6.54 Å². The number of nitrogens with one attached hydrogen (secondary N) is 1. The van der Waals surface area contributed by atoms with Crippen molar-refractivity contribution in [1.82, 2.24) is 5.32 Å². The minimum Gasteiger partial charge on any atom is -0.459 e. The maximum atomic E-state index is 6.21. The molecule has 0 radical (unpaired) electrons. The van der Waals surface area contributed by atoms with Gasteiger partial charge in [0.2, 0.25) is 0 Å². The fourth-order valence-corrected chi connectivity index (χ4v) is 3.60. The Morgan fingerprint density at radius 2 is 1.63 bits per heavy atom. The number of hydrogen-bond acceptors (Lipinski definition) is 2. The number of aryl methyl sites for hydroxylation is 2. The third-order valence-electron chi connectivity index (χ3n) is 4.76. The average Bonchev–Trinajstić information content (AvgIpc) is 3.00. The topological polar surface area (TPSA) is 25.2 Å². The predicted molar refractivity (Wildman–Crippen MR) is 113 cm³/mol. The van der Waals surface area contributed by atoms with Gasteiger partial charge < -0.3 is 9.73 Å². The van der Waals surface area contributed by atoms with Crippen LogP contribution in [0.25, 0.3) is 22.1 Å². The molecule has 0 fully saturated rings. The van der Waals surface area contributed by atoms with Gasteiger partial charge >= 0.3 is 0 Å². The Balaban J connectivity index is 1.67. The lowest BCUT2D eigenvalue weighted by molar-refractivity contribution is 0.515. The minimum atomic E-state index is 0.656. The number of hydrogen-bond donors (Lipinski definition) is 1. The summed E-state index contributed by atoms with van der Waals surface area (Å²) >= 11 is 6.08. The molecule has 0 saturated carbocycles. The molecule has 0 bridgehead atoms. The largest absolute Gasteiger partial charge is 0.459 e. The van der Waals surface area contributed by atoms with Crippen molar-refractivity contribution in [2.24, 2.45) is 0 Å².